The summed E-state index contributed by atoms with van der Waals surface area (Å²) >= 11 is 0. The summed E-state index contributed by atoms with van der Waals surface area (Å²) in [5.74, 6) is 0.481. The number of hydrogen-bond donors (Lipinski definition) is 2. The van der Waals surface area contributed by atoms with E-state index in [1.54, 1.807) is 37.4 Å². The number of anilines is 1. The maximum atomic E-state index is 12.3. The molecule has 5 nitrogen and oxygen atoms in total. The van der Waals surface area contributed by atoms with Gasteiger partial charge in [0.05, 0.1) is 7.11 Å². The Bertz CT molecular complexity index is 879. The average molecular weight is 308 g/mol. The summed E-state index contributed by atoms with van der Waals surface area (Å²) < 4.78 is 5.17. The maximum absolute atomic E-state index is 12.3. The average Bonchev–Trinajstić information content (AvgIpc) is 2.98. The van der Waals surface area contributed by atoms with Crippen molar-refractivity contribution in [1.29, 1.82) is 0 Å². The number of Topliss-reactive ketones (excluding diaryl/α,β-unsaturated/α-hetero) is 1. The molecule has 23 heavy (non-hydrogen) atoms. The van der Waals surface area contributed by atoms with Gasteiger partial charge in [0.2, 0.25) is 0 Å². The van der Waals surface area contributed by atoms with E-state index in [1.165, 1.54) is 6.92 Å². The first-order valence-corrected chi connectivity index (χ1v) is 7.16. The number of amides is 1. The number of fused-ring (bicyclic) bond motifs is 1. The predicted octanol–water partition coefficient (Wildman–Crippen LogP) is 3.63. The molecule has 0 fully saturated rings. The Labute approximate surface area is 133 Å². The van der Waals surface area contributed by atoms with Crippen molar-refractivity contribution in [3.05, 3.63) is 59.8 Å². The van der Waals surface area contributed by atoms with Crippen molar-refractivity contribution in [1.82, 2.24) is 4.98 Å². The van der Waals surface area contributed by atoms with Gasteiger partial charge in [-0.3, -0.25) is 9.59 Å². The highest BCUT2D eigenvalue weighted by Gasteiger charge is 2.10. The van der Waals surface area contributed by atoms with E-state index >= 15 is 0 Å². The van der Waals surface area contributed by atoms with Crippen molar-refractivity contribution in [2.75, 3.05) is 12.4 Å². The number of H-pyrrole nitrogens is 1. The Kier molecular flexibility index (Phi) is 3.85. The van der Waals surface area contributed by atoms with Crippen molar-refractivity contribution in [3.63, 3.8) is 0 Å². The quantitative estimate of drug-likeness (QED) is 0.723. The molecule has 5 heteroatoms. The van der Waals surface area contributed by atoms with Crippen LogP contribution in [0.2, 0.25) is 0 Å². The zero-order valence-corrected chi connectivity index (χ0v) is 12.8. The molecule has 1 heterocycles. The van der Waals surface area contributed by atoms with E-state index < -0.39 is 0 Å². The lowest BCUT2D eigenvalue weighted by Gasteiger charge is -2.04. The van der Waals surface area contributed by atoms with Crippen LogP contribution in [0.15, 0.2) is 48.5 Å². The zero-order chi connectivity index (χ0) is 16.4. The van der Waals surface area contributed by atoms with Gasteiger partial charge in [0, 0.05) is 28.2 Å². The molecule has 0 aliphatic rings. The molecule has 3 aromatic rings. The molecule has 0 unspecified atom stereocenters. The summed E-state index contributed by atoms with van der Waals surface area (Å²) in [4.78, 5) is 26.6. The normalized spacial score (nSPS) is 10.5. The third-order valence-corrected chi connectivity index (χ3v) is 3.62. The first-order valence-electron chi connectivity index (χ1n) is 7.16. The fraction of sp³-hybridized carbons (Fsp3) is 0.111. The lowest BCUT2D eigenvalue weighted by atomic mass is 10.1. The SMILES string of the molecule is COc1ccc2cc(C(=O)Nc3ccc(C(C)=O)cc3)[nH]c2c1. The van der Waals surface area contributed by atoms with E-state index in [0.29, 0.717) is 16.9 Å². The molecule has 0 saturated heterocycles. The highest BCUT2D eigenvalue weighted by molar-refractivity contribution is 6.06. The topological polar surface area (TPSA) is 71.2 Å². The molecule has 0 saturated carbocycles. The number of aromatic nitrogens is 1. The van der Waals surface area contributed by atoms with Gasteiger partial charge in [-0.05, 0) is 49.4 Å². The zero-order valence-electron chi connectivity index (χ0n) is 12.8. The van der Waals surface area contributed by atoms with Gasteiger partial charge in [-0.15, -0.1) is 0 Å². The van der Waals surface area contributed by atoms with Gasteiger partial charge in [-0.25, -0.2) is 0 Å². The summed E-state index contributed by atoms with van der Waals surface area (Å²) in [6.07, 6.45) is 0. The second kappa shape index (κ2) is 5.96. The molecule has 3 rings (SSSR count). The van der Waals surface area contributed by atoms with Gasteiger partial charge in [-0.2, -0.15) is 0 Å². The Balaban J connectivity index is 1.81. The highest BCUT2D eigenvalue weighted by atomic mass is 16.5. The molecule has 0 aliphatic heterocycles. The van der Waals surface area contributed by atoms with Gasteiger partial charge >= 0.3 is 0 Å². The van der Waals surface area contributed by atoms with Crippen LogP contribution in [-0.2, 0) is 0 Å². The second-order valence-corrected chi connectivity index (χ2v) is 5.22. The number of benzene rings is 2. The summed E-state index contributed by atoms with van der Waals surface area (Å²) in [5.41, 5.74) is 2.54. The summed E-state index contributed by atoms with van der Waals surface area (Å²) in [6, 6.07) is 14.2. The Morgan fingerprint density at radius 3 is 2.43 bits per heavy atom. The number of carbonyl (C=O) groups is 2. The number of hydrogen-bond acceptors (Lipinski definition) is 3. The number of methoxy groups -OCH3 is 1. The van der Waals surface area contributed by atoms with Crippen LogP contribution in [0.5, 0.6) is 5.75 Å². The number of carbonyl (C=O) groups excluding carboxylic acids is 2. The van der Waals surface area contributed by atoms with E-state index in [9.17, 15) is 9.59 Å². The summed E-state index contributed by atoms with van der Waals surface area (Å²) in [7, 11) is 1.60. The van der Waals surface area contributed by atoms with E-state index in [2.05, 4.69) is 10.3 Å². The molecule has 2 aromatic carbocycles. The predicted molar refractivity (Wildman–Crippen MR) is 89.3 cm³/mol. The van der Waals surface area contributed by atoms with Crippen molar-refractivity contribution in [2.24, 2.45) is 0 Å². The Morgan fingerprint density at radius 1 is 1.04 bits per heavy atom. The number of nitrogens with one attached hydrogen (secondary N) is 2. The van der Waals surface area contributed by atoms with Gasteiger partial charge in [0.1, 0.15) is 11.4 Å². The number of aromatic amines is 1. The molecular weight excluding hydrogens is 292 g/mol. The molecule has 0 atom stereocenters. The van der Waals surface area contributed by atoms with Crippen molar-refractivity contribution < 1.29 is 14.3 Å². The maximum Gasteiger partial charge on any atom is 0.272 e. The van der Waals surface area contributed by atoms with Crippen molar-refractivity contribution >= 4 is 28.3 Å². The van der Waals surface area contributed by atoms with Crippen LogP contribution in [0.1, 0.15) is 27.8 Å². The Morgan fingerprint density at radius 2 is 1.78 bits per heavy atom. The van der Waals surface area contributed by atoms with Crippen LogP contribution >= 0.6 is 0 Å². The van der Waals surface area contributed by atoms with Crippen molar-refractivity contribution in [3.8, 4) is 5.75 Å². The third-order valence-electron chi connectivity index (χ3n) is 3.62. The summed E-state index contributed by atoms with van der Waals surface area (Å²) in [6.45, 7) is 1.51. The van der Waals surface area contributed by atoms with Crippen LogP contribution in [0, 0.1) is 0 Å². The minimum Gasteiger partial charge on any atom is -0.497 e. The minimum absolute atomic E-state index is 0.00700. The van der Waals surface area contributed by atoms with Gasteiger partial charge in [-0.1, -0.05) is 0 Å². The highest BCUT2D eigenvalue weighted by Crippen LogP contribution is 2.22. The molecule has 0 radical (unpaired) electrons. The number of rotatable bonds is 4. The van der Waals surface area contributed by atoms with Crippen LogP contribution in [0.3, 0.4) is 0 Å². The van der Waals surface area contributed by atoms with Gasteiger partial charge in [0.25, 0.3) is 5.91 Å². The first-order chi connectivity index (χ1) is 11.1. The standard InChI is InChI=1S/C18H16N2O3/c1-11(21)12-3-6-14(7-4-12)19-18(22)17-9-13-5-8-15(23-2)10-16(13)20-17/h3-10,20H,1-2H3,(H,19,22). The molecule has 1 aromatic heterocycles. The van der Waals surface area contributed by atoms with Gasteiger partial charge < -0.3 is 15.0 Å². The van der Waals surface area contributed by atoms with Crippen molar-refractivity contribution in [2.45, 2.75) is 6.92 Å². The second-order valence-electron chi connectivity index (χ2n) is 5.22. The third kappa shape index (κ3) is 3.08. The molecule has 2 N–H and O–H groups in total. The number of ketones is 1. The molecule has 0 spiro atoms. The minimum atomic E-state index is -0.240. The van der Waals surface area contributed by atoms with Gasteiger partial charge in [0.15, 0.2) is 5.78 Å². The first kappa shape index (κ1) is 14.8. The Hall–Kier alpha value is -3.08. The van der Waals surface area contributed by atoms with E-state index in [1.807, 2.05) is 18.2 Å². The van der Waals surface area contributed by atoms with Crippen LogP contribution in [0.4, 0.5) is 5.69 Å². The van der Waals surface area contributed by atoms with E-state index in [4.69, 9.17) is 4.74 Å². The molecule has 0 aliphatic carbocycles. The monoisotopic (exact) mass is 308 g/mol. The summed E-state index contributed by atoms with van der Waals surface area (Å²) in [5, 5.41) is 3.73. The van der Waals surface area contributed by atoms with E-state index in [-0.39, 0.29) is 11.7 Å². The lowest BCUT2D eigenvalue weighted by Crippen LogP contribution is -2.12. The molecule has 116 valence electrons. The fourth-order valence-corrected chi connectivity index (χ4v) is 2.34. The van der Waals surface area contributed by atoms with Crippen LogP contribution < -0.4 is 10.1 Å². The molecule has 1 amide bonds. The lowest BCUT2D eigenvalue weighted by molar-refractivity contribution is 0.101. The van der Waals surface area contributed by atoms with Crippen LogP contribution in [0.25, 0.3) is 10.9 Å². The largest absolute Gasteiger partial charge is 0.497 e. The smallest absolute Gasteiger partial charge is 0.272 e. The fourth-order valence-electron chi connectivity index (χ4n) is 2.34. The van der Waals surface area contributed by atoms with E-state index in [0.717, 1.165) is 16.7 Å². The molecular formula is C18H16N2O3. The number of ether oxygens (including phenoxy) is 1. The molecule has 0 bridgehead atoms. The van der Waals surface area contributed by atoms with Crippen LogP contribution in [-0.4, -0.2) is 23.8 Å².